The normalized spacial score (nSPS) is 11.9. The summed E-state index contributed by atoms with van der Waals surface area (Å²) in [5.41, 5.74) is 1.24. The second kappa shape index (κ2) is 9.30. The lowest BCUT2D eigenvalue weighted by Gasteiger charge is -2.06. The summed E-state index contributed by atoms with van der Waals surface area (Å²) in [7, 11) is -0.824. The van der Waals surface area contributed by atoms with Gasteiger partial charge in [0.25, 0.3) is 0 Å². The number of amides is 1. The van der Waals surface area contributed by atoms with Crippen LogP contribution in [0.3, 0.4) is 0 Å². The van der Waals surface area contributed by atoms with Crippen LogP contribution >= 0.6 is 0 Å². The molecule has 0 aliphatic rings. The molecule has 1 rings (SSSR count). The Morgan fingerprint density at radius 2 is 1.95 bits per heavy atom. The van der Waals surface area contributed by atoms with Crippen LogP contribution in [0.15, 0.2) is 24.3 Å². The van der Waals surface area contributed by atoms with Crippen molar-refractivity contribution in [1.82, 2.24) is 0 Å². The number of anilines is 1. The lowest BCUT2D eigenvalue weighted by Crippen LogP contribution is -2.13. The van der Waals surface area contributed by atoms with E-state index in [1.807, 2.05) is 6.07 Å². The maximum absolute atomic E-state index is 11.7. The van der Waals surface area contributed by atoms with Crippen molar-refractivity contribution < 1.29 is 9.00 Å². The summed E-state index contributed by atoms with van der Waals surface area (Å²) in [5.74, 6) is 1.77. The van der Waals surface area contributed by atoms with E-state index in [1.54, 1.807) is 24.3 Å². The van der Waals surface area contributed by atoms with Crippen LogP contribution in [0.1, 0.15) is 38.7 Å². The van der Waals surface area contributed by atoms with Gasteiger partial charge in [0.2, 0.25) is 5.91 Å². The van der Waals surface area contributed by atoms with Crippen molar-refractivity contribution in [3.8, 4) is 6.07 Å². The van der Waals surface area contributed by atoms with Crippen LogP contribution in [-0.4, -0.2) is 21.6 Å². The van der Waals surface area contributed by atoms with Gasteiger partial charge in [0, 0.05) is 34.4 Å². The van der Waals surface area contributed by atoms with Gasteiger partial charge in [0.1, 0.15) is 0 Å². The average Bonchev–Trinajstić information content (AvgIpc) is 2.46. The third kappa shape index (κ3) is 7.62. The fraction of sp³-hybridized carbons (Fsp3) is 0.500. The van der Waals surface area contributed by atoms with Crippen LogP contribution in [0.2, 0.25) is 0 Å². The molecule has 5 heteroatoms. The third-order valence-corrected chi connectivity index (χ3v) is 4.43. The van der Waals surface area contributed by atoms with Crippen molar-refractivity contribution in [1.29, 1.82) is 5.26 Å². The first kappa shape index (κ1) is 17.4. The Morgan fingerprint density at radius 1 is 1.29 bits per heavy atom. The van der Waals surface area contributed by atoms with E-state index in [-0.39, 0.29) is 5.91 Å². The van der Waals surface area contributed by atoms with Gasteiger partial charge < -0.3 is 5.32 Å². The van der Waals surface area contributed by atoms with E-state index in [2.05, 4.69) is 19.2 Å². The molecule has 0 bridgehead atoms. The number of carbonyl (C=O) groups excluding carboxylic acids is 1. The minimum atomic E-state index is -0.824. The first-order valence-corrected chi connectivity index (χ1v) is 8.65. The summed E-state index contributed by atoms with van der Waals surface area (Å²) >= 11 is 0. The molecule has 0 saturated heterocycles. The van der Waals surface area contributed by atoms with E-state index in [1.165, 1.54) is 0 Å². The molecule has 1 aromatic carbocycles. The first-order chi connectivity index (χ1) is 10.0. The average molecular weight is 306 g/mol. The van der Waals surface area contributed by atoms with E-state index >= 15 is 0 Å². The quantitative estimate of drug-likeness (QED) is 0.802. The minimum Gasteiger partial charge on any atom is -0.326 e. The number of nitrogens with one attached hydrogen (secondary N) is 1. The third-order valence-electron chi connectivity index (χ3n) is 3.00. The smallest absolute Gasteiger partial charge is 0.224 e. The number of rotatable bonds is 8. The van der Waals surface area contributed by atoms with Crippen LogP contribution in [0, 0.1) is 17.2 Å². The molecule has 0 heterocycles. The van der Waals surface area contributed by atoms with Crippen LogP contribution in [0.4, 0.5) is 5.69 Å². The fourth-order valence-electron chi connectivity index (χ4n) is 1.71. The monoisotopic (exact) mass is 306 g/mol. The molecule has 4 nitrogen and oxygen atoms in total. The molecule has 21 heavy (non-hydrogen) atoms. The van der Waals surface area contributed by atoms with Crippen LogP contribution in [0.25, 0.3) is 0 Å². The molecule has 1 aromatic rings. The van der Waals surface area contributed by atoms with Gasteiger partial charge in [-0.3, -0.25) is 9.00 Å². The standard InChI is InChI=1S/C16H22N2O2S/c1-13(2)9-11-21(20)10-3-4-16(19)18-15-7-5-14(12-17)6-8-15/h5-8,13H,3-4,9-11H2,1-2H3,(H,18,19). The second-order valence-corrected chi connectivity index (χ2v) is 7.07. The van der Waals surface area contributed by atoms with E-state index < -0.39 is 10.8 Å². The van der Waals surface area contributed by atoms with Crippen molar-refractivity contribution in [2.75, 3.05) is 16.8 Å². The van der Waals surface area contributed by atoms with E-state index in [9.17, 15) is 9.00 Å². The predicted octanol–water partition coefficient (Wildman–Crippen LogP) is 3.07. The highest BCUT2D eigenvalue weighted by Gasteiger charge is 2.06. The zero-order valence-corrected chi connectivity index (χ0v) is 13.4. The minimum absolute atomic E-state index is 0.0828. The zero-order valence-electron chi connectivity index (χ0n) is 12.6. The summed E-state index contributed by atoms with van der Waals surface area (Å²) < 4.78 is 11.7. The number of nitrogens with zero attached hydrogens (tertiary/aromatic N) is 1. The molecule has 1 N–H and O–H groups in total. The molecule has 0 aliphatic heterocycles. The molecule has 0 aliphatic carbocycles. The molecule has 1 unspecified atom stereocenters. The lowest BCUT2D eigenvalue weighted by atomic mass is 10.2. The van der Waals surface area contributed by atoms with Gasteiger partial charge in [-0.1, -0.05) is 13.8 Å². The van der Waals surface area contributed by atoms with E-state index in [4.69, 9.17) is 5.26 Å². The van der Waals surface area contributed by atoms with E-state index in [0.717, 1.165) is 12.2 Å². The first-order valence-electron chi connectivity index (χ1n) is 7.16. The van der Waals surface area contributed by atoms with Gasteiger partial charge in [-0.2, -0.15) is 5.26 Å². The van der Waals surface area contributed by atoms with Gasteiger partial charge in [0.15, 0.2) is 0 Å². The largest absolute Gasteiger partial charge is 0.326 e. The van der Waals surface area contributed by atoms with Gasteiger partial charge >= 0.3 is 0 Å². The molecule has 1 atom stereocenters. The summed E-state index contributed by atoms with van der Waals surface area (Å²) in [4.78, 5) is 11.7. The van der Waals surface area contributed by atoms with Crippen LogP contribution in [0.5, 0.6) is 0 Å². The molecule has 0 saturated carbocycles. The maximum atomic E-state index is 11.7. The Kier molecular flexibility index (Phi) is 7.70. The Morgan fingerprint density at radius 3 is 2.52 bits per heavy atom. The Balaban J connectivity index is 2.24. The highest BCUT2D eigenvalue weighted by atomic mass is 32.2. The Bertz CT molecular complexity index is 518. The molecular formula is C16H22N2O2S. The van der Waals surface area contributed by atoms with Crippen molar-refractivity contribution in [2.45, 2.75) is 33.1 Å². The number of hydrogen-bond donors (Lipinski definition) is 1. The van der Waals surface area contributed by atoms with E-state index in [0.29, 0.717) is 35.8 Å². The van der Waals surface area contributed by atoms with Crippen molar-refractivity contribution >= 4 is 22.4 Å². The molecule has 0 radical (unpaired) electrons. The molecule has 0 aromatic heterocycles. The van der Waals surface area contributed by atoms with Crippen LogP contribution < -0.4 is 5.32 Å². The zero-order chi connectivity index (χ0) is 15.7. The highest BCUT2D eigenvalue weighted by Crippen LogP contribution is 2.10. The molecule has 1 amide bonds. The summed E-state index contributed by atoms with van der Waals surface area (Å²) in [6.45, 7) is 4.23. The van der Waals surface area contributed by atoms with Crippen LogP contribution in [-0.2, 0) is 15.6 Å². The SMILES string of the molecule is CC(C)CCS(=O)CCCC(=O)Nc1ccc(C#N)cc1. The summed E-state index contributed by atoms with van der Waals surface area (Å²) in [6, 6.07) is 8.77. The highest BCUT2D eigenvalue weighted by molar-refractivity contribution is 7.84. The van der Waals surface area contributed by atoms with Crippen molar-refractivity contribution in [2.24, 2.45) is 5.92 Å². The molecule has 0 spiro atoms. The van der Waals surface area contributed by atoms with Crippen molar-refractivity contribution in [3.05, 3.63) is 29.8 Å². The lowest BCUT2D eigenvalue weighted by molar-refractivity contribution is -0.116. The number of carbonyl (C=O) groups is 1. The fourth-order valence-corrected chi connectivity index (χ4v) is 3.12. The van der Waals surface area contributed by atoms with Gasteiger partial charge in [-0.05, 0) is 43.0 Å². The van der Waals surface area contributed by atoms with Gasteiger partial charge in [-0.15, -0.1) is 0 Å². The second-order valence-electron chi connectivity index (χ2n) is 5.37. The summed E-state index contributed by atoms with van der Waals surface area (Å²) in [6.07, 6.45) is 1.96. The Labute approximate surface area is 129 Å². The van der Waals surface area contributed by atoms with Gasteiger partial charge in [-0.25, -0.2) is 0 Å². The summed E-state index contributed by atoms with van der Waals surface area (Å²) in [5, 5.41) is 11.5. The molecular weight excluding hydrogens is 284 g/mol. The van der Waals surface area contributed by atoms with Gasteiger partial charge in [0.05, 0.1) is 11.6 Å². The molecule has 114 valence electrons. The number of benzene rings is 1. The number of hydrogen-bond acceptors (Lipinski definition) is 3. The molecule has 0 fully saturated rings. The number of nitriles is 1. The maximum Gasteiger partial charge on any atom is 0.224 e. The topological polar surface area (TPSA) is 70.0 Å². The Hall–Kier alpha value is -1.67. The predicted molar refractivity (Wildman–Crippen MR) is 86.4 cm³/mol. The van der Waals surface area contributed by atoms with Crippen molar-refractivity contribution in [3.63, 3.8) is 0 Å².